The minimum atomic E-state index is 0.749. The first-order valence-corrected chi connectivity index (χ1v) is 7.49. The number of halogens is 1. The number of fused-ring (bicyclic) bond motifs is 1. The number of hydrogen-bond donors (Lipinski definition) is 0. The summed E-state index contributed by atoms with van der Waals surface area (Å²) in [5.74, 6) is 0. The maximum Gasteiger partial charge on any atom is 0.137 e. The maximum absolute atomic E-state index is 6.37. The Hall–Kier alpha value is -2.58. The van der Waals surface area contributed by atoms with E-state index in [0.29, 0.717) is 0 Å². The van der Waals surface area contributed by atoms with E-state index in [1.165, 1.54) is 0 Å². The number of imidazole rings is 1. The lowest BCUT2D eigenvalue weighted by molar-refractivity contribution is 1.19. The topological polar surface area (TPSA) is 17.3 Å². The number of pyridine rings is 1. The molecular formula is C19H13ClN2. The maximum atomic E-state index is 6.37. The largest absolute Gasteiger partial charge is 0.306 e. The molecule has 4 aromatic rings. The molecule has 0 aliphatic heterocycles. The van der Waals surface area contributed by atoms with Crippen LogP contribution >= 0.6 is 11.6 Å². The van der Waals surface area contributed by atoms with E-state index in [-0.39, 0.29) is 0 Å². The van der Waals surface area contributed by atoms with Crippen molar-refractivity contribution in [2.75, 3.05) is 0 Å². The van der Waals surface area contributed by atoms with Gasteiger partial charge in [0.1, 0.15) is 5.65 Å². The molecule has 2 heterocycles. The molecule has 0 fully saturated rings. The number of rotatable bonds is 2. The Kier molecular flexibility index (Phi) is 3.17. The van der Waals surface area contributed by atoms with Gasteiger partial charge in [-0.15, -0.1) is 0 Å². The molecule has 4 rings (SSSR count). The summed E-state index contributed by atoms with van der Waals surface area (Å²) in [5, 5.41) is 0.749. The van der Waals surface area contributed by atoms with Crippen molar-refractivity contribution < 1.29 is 0 Å². The summed E-state index contributed by atoms with van der Waals surface area (Å²) in [6, 6.07) is 22.1. The van der Waals surface area contributed by atoms with E-state index < -0.39 is 0 Å². The molecule has 0 spiro atoms. The predicted octanol–water partition coefficient (Wildman–Crippen LogP) is 5.32. The van der Waals surface area contributed by atoms with Crippen LogP contribution in [0.5, 0.6) is 0 Å². The van der Waals surface area contributed by atoms with Crippen LogP contribution in [0.2, 0.25) is 5.02 Å². The summed E-state index contributed by atoms with van der Waals surface area (Å²) in [5.41, 5.74) is 5.08. The number of aromatic nitrogens is 2. The van der Waals surface area contributed by atoms with Crippen LogP contribution in [-0.4, -0.2) is 9.38 Å². The molecule has 0 N–H and O–H groups in total. The molecule has 0 bridgehead atoms. The number of benzene rings is 2. The Morgan fingerprint density at radius 1 is 0.727 bits per heavy atom. The highest BCUT2D eigenvalue weighted by Crippen LogP contribution is 2.35. The third kappa shape index (κ3) is 2.18. The lowest BCUT2D eigenvalue weighted by Crippen LogP contribution is -1.85. The summed E-state index contributed by atoms with van der Waals surface area (Å²) in [6.45, 7) is 0. The van der Waals surface area contributed by atoms with E-state index in [1.807, 2.05) is 71.4 Å². The number of nitrogens with zero attached hydrogens (tertiary/aromatic N) is 2. The Labute approximate surface area is 133 Å². The van der Waals surface area contributed by atoms with Crippen molar-refractivity contribution in [2.24, 2.45) is 0 Å². The van der Waals surface area contributed by atoms with Crippen molar-refractivity contribution in [3.8, 4) is 22.4 Å². The van der Waals surface area contributed by atoms with E-state index >= 15 is 0 Å². The van der Waals surface area contributed by atoms with Crippen LogP contribution in [0.4, 0.5) is 0 Å². The second kappa shape index (κ2) is 5.32. The van der Waals surface area contributed by atoms with Gasteiger partial charge in [0.2, 0.25) is 0 Å². The first-order chi connectivity index (χ1) is 10.8. The minimum absolute atomic E-state index is 0.749. The van der Waals surface area contributed by atoms with Crippen LogP contribution < -0.4 is 0 Å². The molecule has 0 unspecified atom stereocenters. The van der Waals surface area contributed by atoms with Gasteiger partial charge in [-0.2, -0.15) is 0 Å². The first kappa shape index (κ1) is 13.1. The third-order valence-electron chi connectivity index (χ3n) is 3.73. The van der Waals surface area contributed by atoms with Crippen LogP contribution in [0.25, 0.3) is 28.0 Å². The van der Waals surface area contributed by atoms with Gasteiger partial charge in [0.05, 0.1) is 5.69 Å². The molecule has 0 atom stereocenters. The first-order valence-electron chi connectivity index (χ1n) is 7.11. The number of hydrogen-bond acceptors (Lipinski definition) is 1. The van der Waals surface area contributed by atoms with Gasteiger partial charge >= 0.3 is 0 Å². The Bertz CT molecular complexity index is 923. The normalized spacial score (nSPS) is 11.0. The standard InChI is InChI=1S/C19H13ClN2/c20-17-10-4-3-8-15(17)14-7-1-2-9-16(14)18-13-22-12-6-5-11-19(22)21-18/h1-13H. The second-order valence-corrected chi connectivity index (χ2v) is 5.52. The van der Waals surface area contributed by atoms with Crippen molar-refractivity contribution in [3.05, 3.63) is 84.1 Å². The lowest BCUT2D eigenvalue weighted by Gasteiger charge is -2.09. The summed E-state index contributed by atoms with van der Waals surface area (Å²) in [4.78, 5) is 4.72. The van der Waals surface area contributed by atoms with Gasteiger partial charge in [0, 0.05) is 28.5 Å². The Morgan fingerprint density at radius 2 is 1.41 bits per heavy atom. The van der Waals surface area contributed by atoms with Crippen LogP contribution in [0.15, 0.2) is 79.1 Å². The van der Waals surface area contributed by atoms with Crippen molar-refractivity contribution in [3.63, 3.8) is 0 Å². The average Bonchev–Trinajstić information content (AvgIpc) is 2.99. The molecule has 2 nitrogen and oxygen atoms in total. The molecule has 3 heteroatoms. The summed E-state index contributed by atoms with van der Waals surface area (Å²) in [6.07, 6.45) is 4.05. The molecule has 106 valence electrons. The van der Waals surface area contributed by atoms with Crippen LogP contribution in [-0.2, 0) is 0 Å². The zero-order valence-corrected chi connectivity index (χ0v) is 12.5. The van der Waals surface area contributed by atoms with Gasteiger partial charge in [0.15, 0.2) is 0 Å². The van der Waals surface area contributed by atoms with E-state index in [2.05, 4.69) is 12.1 Å². The van der Waals surface area contributed by atoms with E-state index in [9.17, 15) is 0 Å². The van der Waals surface area contributed by atoms with Gasteiger partial charge in [-0.1, -0.05) is 60.1 Å². The zero-order valence-electron chi connectivity index (χ0n) is 11.8. The fraction of sp³-hybridized carbons (Fsp3) is 0. The Balaban J connectivity index is 1.95. The fourth-order valence-corrected chi connectivity index (χ4v) is 2.92. The highest BCUT2D eigenvalue weighted by atomic mass is 35.5. The molecule has 0 aliphatic carbocycles. The highest BCUT2D eigenvalue weighted by Gasteiger charge is 2.12. The molecule has 0 radical (unpaired) electrons. The molecule has 0 amide bonds. The van der Waals surface area contributed by atoms with Crippen LogP contribution in [0.3, 0.4) is 0 Å². The van der Waals surface area contributed by atoms with Crippen LogP contribution in [0.1, 0.15) is 0 Å². The Morgan fingerprint density at radius 3 is 2.18 bits per heavy atom. The molecule has 2 aromatic carbocycles. The van der Waals surface area contributed by atoms with Gasteiger partial charge in [-0.05, 0) is 23.8 Å². The molecule has 22 heavy (non-hydrogen) atoms. The van der Waals surface area contributed by atoms with Gasteiger partial charge < -0.3 is 4.40 Å². The molecule has 0 saturated carbocycles. The molecule has 0 saturated heterocycles. The lowest BCUT2D eigenvalue weighted by atomic mass is 9.98. The average molecular weight is 305 g/mol. The van der Waals surface area contributed by atoms with Crippen LogP contribution in [0, 0.1) is 0 Å². The van der Waals surface area contributed by atoms with Crippen molar-refractivity contribution in [1.82, 2.24) is 9.38 Å². The summed E-state index contributed by atoms with van der Waals surface area (Å²) in [7, 11) is 0. The predicted molar refractivity (Wildman–Crippen MR) is 91.1 cm³/mol. The summed E-state index contributed by atoms with van der Waals surface area (Å²) < 4.78 is 2.03. The van der Waals surface area contributed by atoms with E-state index in [4.69, 9.17) is 16.6 Å². The van der Waals surface area contributed by atoms with Crippen molar-refractivity contribution in [1.29, 1.82) is 0 Å². The van der Waals surface area contributed by atoms with Crippen molar-refractivity contribution in [2.45, 2.75) is 0 Å². The minimum Gasteiger partial charge on any atom is -0.306 e. The smallest absolute Gasteiger partial charge is 0.137 e. The SMILES string of the molecule is Clc1ccccc1-c1ccccc1-c1cn2ccccc2n1. The van der Waals surface area contributed by atoms with Crippen molar-refractivity contribution >= 4 is 17.2 Å². The monoisotopic (exact) mass is 304 g/mol. The van der Waals surface area contributed by atoms with E-state index in [0.717, 1.165) is 33.1 Å². The molecule has 2 aromatic heterocycles. The van der Waals surface area contributed by atoms with Gasteiger partial charge in [-0.25, -0.2) is 4.98 Å². The molecular weight excluding hydrogens is 292 g/mol. The highest BCUT2D eigenvalue weighted by molar-refractivity contribution is 6.33. The zero-order chi connectivity index (χ0) is 14.9. The fourth-order valence-electron chi connectivity index (χ4n) is 2.69. The summed E-state index contributed by atoms with van der Waals surface area (Å²) >= 11 is 6.37. The molecule has 0 aliphatic rings. The van der Waals surface area contributed by atoms with Gasteiger partial charge in [-0.3, -0.25) is 0 Å². The quantitative estimate of drug-likeness (QED) is 0.490. The third-order valence-corrected chi connectivity index (χ3v) is 4.06. The van der Waals surface area contributed by atoms with E-state index in [1.54, 1.807) is 0 Å². The second-order valence-electron chi connectivity index (χ2n) is 5.12. The van der Waals surface area contributed by atoms with Gasteiger partial charge in [0.25, 0.3) is 0 Å².